The van der Waals surface area contributed by atoms with Crippen LogP contribution < -0.4 is 4.74 Å². The second-order valence-corrected chi connectivity index (χ2v) is 8.56. The van der Waals surface area contributed by atoms with E-state index in [-0.39, 0.29) is 60.1 Å². The number of ketones is 1. The highest BCUT2D eigenvalue weighted by Crippen LogP contribution is 2.54. The number of halogens is 3. The van der Waals surface area contributed by atoms with Crippen LogP contribution in [-0.2, 0) is 22.1 Å². The first-order chi connectivity index (χ1) is 15.7. The van der Waals surface area contributed by atoms with E-state index in [0.717, 1.165) is 36.6 Å². The van der Waals surface area contributed by atoms with Crippen LogP contribution in [0.5, 0.6) is 11.5 Å². The first-order valence-corrected chi connectivity index (χ1v) is 10.8. The summed E-state index contributed by atoms with van der Waals surface area (Å²) in [7, 11) is 0. The van der Waals surface area contributed by atoms with Crippen LogP contribution in [0.4, 0.5) is 13.2 Å². The Labute approximate surface area is 195 Å². The van der Waals surface area contributed by atoms with Crippen molar-refractivity contribution in [2.75, 3.05) is 0 Å². The second kappa shape index (κ2) is 8.48. The first kappa shape index (κ1) is 23.8. The number of benzene rings is 2. The minimum atomic E-state index is -4.65. The van der Waals surface area contributed by atoms with Gasteiger partial charge in [0.15, 0.2) is 5.78 Å². The van der Waals surface area contributed by atoms with Gasteiger partial charge in [-0.3, -0.25) is 4.79 Å². The third-order valence-corrected chi connectivity index (χ3v) is 6.78. The molecule has 0 spiro atoms. The molecule has 0 radical (unpaired) electrons. The number of Topliss-reactive ketones (excluding diaryl/α,β-unsaturated/α-hetero) is 1. The fourth-order valence-corrected chi connectivity index (χ4v) is 5.31. The monoisotopic (exact) mass is 471 g/mol. The molecule has 2 fully saturated rings. The van der Waals surface area contributed by atoms with E-state index in [1.807, 2.05) is 6.92 Å². The van der Waals surface area contributed by atoms with Crippen molar-refractivity contribution in [2.24, 2.45) is 11.8 Å². The van der Waals surface area contributed by atoms with E-state index < -0.39 is 17.3 Å². The van der Waals surface area contributed by atoms with Crippen LogP contribution in [0.2, 0.25) is 0 Å². The van der Waals surface area contributed by atoms with Gasteiger partial charge in [-0.15, -0.1) is 0 Å². The number of nitrogens with zero attached hydrogens (tertiary/aromatic N) is 1. The van der Waals surface area contributed by atoms with E-state index in [0.29, 0.717) is 12.0 Å². The van der Waals surface area contributed by atoms with Gasteiger partial charge in [0.25, 0.3) is 0 Å². The maximum absolute atomic E-state index is 13.3. The molecule has 178 valence electrons. The summed E-state index contributed by atoms with van der Waals surface area (Å²) in [6, 6.07) is 9.58. The molecule has 2 bridgehead atoms. The van der Waals surface area contributed by atoms with E-state index in [9.17, 15) is 23.1 Å². The zero-order valence-corrected chi connectivity index (χ0v) is 17.6. The molecule has 2 aliphatic heterocycles. The maximum atomic E-state index is 13.3. The molecule has 3 aliphatic rings. The van der Waals surface area contributed by atoms with Gasteiger partial charge in [0.05, 0.1) is 46.8 Å². The second-order valence-electron chi connectivity index (χ2n) is 8.56. The largest absolute Gasteiger partial charge is 0.511 e. The lowest BCUT2D eigenvalue weighted by Gasteiger charge is -2.19. The summed E-state index contributed by atoms with van der Waals surface area (Å²) in [5.41, 5.74) is 0.0985. The summed E-state index contributed by atoms with van der Waals surface area (Å²) in [6.07, 6.45) is -2.74. The molecular formula is C26H24F3NO4. The lowest BCUT2D eigenvalue weighted by Crippen LogP contribution is -2.29. The molecule has 1 N–H and O–H groups in total. The normalized spacial score (nSPS) is 25.2. The predicted molar refractivity (Wildman–Crippen MR) is 118 cm³/mol. The number of hydrogen-bond donors (Lipinski definition) is 1. The Morgan fingerprint density at radius 3 is 2.38 bits per heavy atom. The molecule has 4 atom stereocenters. The molecular weight excluding hydrogens is 447 g/mol. The van der Waals surface area contributed by atoms with Gasteiger partial charge >= 0.3 is 6.18 Å². The van der Waals surface area contributed by atoms with Gasteiger partial charge in [0, 0.05) is 0 Å². The summed E-state index contributed by atoms with van der Waals surface area (Å²) in [5.74, 6) is -0.442. The average molecular weight is 471 g/mol. The number of carbonyl (C=O) groups excluding carboxylic acids is 1. The van der Waals surface area contributed by atoms with Crippen molar-refractivity contribution in [3.8, 4) is 17.6 Å². The zero-order chi connectivity index (χ0) is 23.5. The summed E-state index contributed by atoms with van der Waals surface area (Å²) >= 11 is 0. The molecule has 5 rings (SSSR count). The summed E-state index contributed by atoms with van der Waals surface area (Å²) in [5, 5.41) is 20.1. The van der Waals surface area contributed by atoms with Crippen LogP contribution in [0.15, 0.2) is 42.2 Å². The van der Waals surface area contributed by atoms with E-state index in [1.54, 1.807) is 24.3 Å². The Kier molecular flexibility index (Phi) is 5.94. The highest BCUT2D eigenvalue weighted by Gasteiger charge is 2.59. The number of rotatable bonds is 4. The molecule has 0 amide bonds. The van der Waals surface area contributed by atoms with Crippen molar-refractivity contribution >= 4 is 11.4 Å². The Hall–Kier alpha value is -3.31. The standard InChI is InChI=1S/C25H20F3NO4.CH4/c1-2-12-3-4-15(32-14-5-6-17(25(26,27)28)13(9-14)11-29)10-16(12)20-23(30)21-18-7-8-19(33-18)22(21)24(20)31;/h3-6,9-10,18-19,21-22,30H,2,7-8H2,1H3;1H4. The van der Waals surface area contributed by atoms with Crippen LogP contribution in [0, 0.1) is 23.2 Å². The van der Waals surface area contributed by atoms with Gasteiger partial charge in [-0.1, -0.05) is 20.4 Å². The molecule has 2 aromatic carbocycles. The number of nitriles is 1. The number of carbonyl (C=O) groups is 1. The number of aryl methyl sites for hydroxylation is 1. The minimum Gasteiger partial charge on any atom is -0.511 e. The lowest BCUT2D eigenvalue weighted by molar-refractivity contribution is -0.137. The Bertz CT molecular complexity index is 1230. The van der Waals surface area contributed by atoms with E-state index >= 15 is 0 Å². The van der Waals surface area contributed by atoms with Crippen LogP contribution >= 0.6 is 0 Å². The molecule has 0 saturated carbocycles. The maximum Gasteiger partial charge on any atom is 0.417 e. The van der Waals surface area contributed by atoms with Crippen molar-refractivity contribution in [2.45, 2.75) is 52.0 Å². The SMILES string of the molecule is C.CCc1ccc(Oc2ccc(C(F)(F)F)c(C#N)c2)cc1C1=C(O)C2C3CCC(O3)C2C1=O. The van der Waals surface area contributed by atoms with Gasteiger partial charge in [-0.05, 0) is 60.7 Å². The van der Waals surface area contributed by atoms with Crippen molar-refractivity contribution in [1.29, 1.82) is 5.26 Å². The molecule has 8 heteroatoms. The number of fused-ring (bicyclic) bond motifs is 5. The predicted octanol–water partition coefficient (Wildman–Crippen LogP) is 6.21. The van der Waals surface area contributed by atoms with Crippen LogP contribution in [0.25, 0.3) is 5.57 Å². The fraction of sp³-hybridized carbons (Fsp3) is 0.385. The van der Waals surface area contributed by atoms with E-state index in [1.165, 1.54) is 0 Å². The number of alkyl halides is 3. The molecule has 1 aliphatic carbocycles. The Morgan fingerprint density at radius 2 is 1.76 bits per heavy atom. The zero-order valence-electron chi connectivity index (χ0n) is 17.6. The summed E-state index contributed by atoms with van der Waals surface area (Å²) in [6.45, 7) is 1.93. The third-order valence-electron chi connectivity index (χ3n) is 6.78. The highest BCUT2D eigenvalue weighted by molar-refractivity contribution is 6.25. The van der Waals surface area contributed by atoms with Crippen molar-refractivity contribution in [3.05, 3.63) is 64.4 Å². The number of hydrogen-bond acceptors (Lipinski definition) is 5. The number of allylic oxidation sites excluding steroid dienone is 1. The molecule has 4 unspecified atom stereocenters. The molecule has 0 aromatic heterocycles. The smallest absolute Gasteiger partial charge is 0.417 e. The van der Waals surface area contributed by atoms with Crippen molar-refractivity contribution in [3.63, 3.8) is 0 Å². The minimum absolute atomic E-state index is 0. The highest BCUT2D eigenvalue weighted by atomic mass is 19.4. The molecule has 2 heterocycles. The number of ether oxygens (including phenoxy) is 2. The van der Waals surface area contributed by atoms with Gasteiger partial charge in [0.2, 0.25) is 0 Å². The molecule has 2 saturated heterocycles. The first-order valence-electron chi connectivity index (χ1n) is 10.8. The van der Waals surface area contributed by atoms with Crippen LogP contribution in [-0.4, -0.2) is 23.1 Å². The van der Waals surface area contributed by atoms with Crippen LogP contribution in [0.1, 0.15) is 49.4 Å². The van der Waals surface area contributed by atoms with Crippen molar-refractivity contribution < 1.29 is 32.5 Å². The molecule has 34 heavy (non-hydrogen) atoms. The van der Waals surface area contributed by atoms with Gasteiger partial charge in [-0.25, -0.2) is 0 Å². The van der Waals surface area contributed by atoms with Crippen LogP contribution in [0.3, 0.4) is 0 Å². The average Bonchev–Trinajstić information content (AvgIpc) is 3.46. The van der Waals surface area contributed by atoms with Gasteiger partial charge in [-0.2, -0.15) is 18.4 Å². The van der Waals surface area contributed by atoms with E-state index in [4.69, 9.17) is 14.7 Å². The summed E-state index contributed by atoms with van der Waals surface area (Å²) in [4.78, 5) is 13.3. The molecule has 2 aromatic rings. The van der Waals surface area contributed by atoms with Gasteiger partial charge < -0.3 is 14.6 Å². The Balaban J connectivity index is 0.00000274. The van der Waals surface area contributed by atoms with E-state index in [2.05, 4.69) is 0 Å². The quantitative estimate of drug-likeness (QED) is 0.573. The van der Waals surface area contributed by atoms with Gasteiger partial charge in [0.1, 0.15) is 17.3 Å². The third kappa shape index (κ3) is 3.64. The topological polar surface area (TPSA) is 79.6 Å². The summed E-state index contributed by atoms with van der Waals surface area (Å²) < 4.78 is 50.8. The molecule has 5 nitrogen and oxygen atoms in total. The fourth-order valence-electron chi connectivity index (χ4n) is 5.31. The Morgan fingerprint density at radius 1 is 1.12 bits per heavy atom. The van der Waals surface area contributed by atoms with Crippen molar-refractivity contribution in [1.82, 2.24) is 0 Å². The lowest BCUT2D eigenvalue weighted by atomic mass is 9.80. The number of aliphatic hydroxyl groups excluding tert-OH is 1. The number of aliphatic hydroxyl groups is 1.